The van der Waals surface area contributed by atoms with Crippen molar-refractivity contribution in [2.45, 2.75) is 57.7 Å². The Labute approximate surface area is 109 Å². The Morgan fingerprint density at radius 1 is 1.50 bits per heavy atom. The zero-order chi connectivity index (χ0) is 12.4. The first kappa shape index (κ1) is 12.2. The molecule has 2 fully saturated rings. The summed E-state index contributed by atoms with van der Waals surface area (Å²) in [7, 11) is 0. The topological polar surface area (TPSA) is 49.9 Å². The molecule has 0 aromatic carbocycles. The maximum Gasteiger partial charge on any atom is 0.120 e. The third-order valence-electron chi connectivity index (χ3n) is 4.76. The molecule has 4 nitrogen and oxygen atoms in total. The monoisotopic (exact) mass is 249 g/mol. The van der Waals surface area contributed by atoms with E-state index in [0.717, 1.165) is 25.4 Å². The summed E-state index contributed by atoms with van der Waals surface area (Å²) in [5.74, 6) is 1.03. The molecule has 2 aliphatic rings. The van der Waals surface area contributed by atoms with Crippen LogP contribution in [0, 0.1) is 5.41 Å². The first-order chi connectivity index (χ1) is 8.85. The fourth-order valence-corrected chi connectivity index (χ4v) is 3.79. The van der Waals surface area contributed by atoms with Gasteiger partial charge in [-0.05, 0) is 26.2 Å². The quantitative estimate of drug-likeness (QED) is 0.841. The molecule has 0 bridgehead atoms. The normalized spacial score (nSPS) is 29.6. The van der Waals surface area contributed by atoms with Crippen molar-refractivity contribution in [3.63, 3.8) is 0 Å². The van der Waals surface area contributed by atoms with Crippen molar-refractivity contribution >= 4 is 0 Å². The van der Waals surface area contributed by atoms with Crippen molar-refractivity contribution in [1.82, 2.24) is 15.3 Å². The van der Waals surface area contributed by atoms with Gasteiger partial charge in [-0.15, -0.1) is 0 Å². The van der Waals surface area contributed by atoms with Gasteiger partial charge in [-0.2, -0.15) is 0 Å². The van der Waals surface area contributed by atoms with Gasteiger partial charge in [0, 0.05) is 30.5 Å². The Hall–Kier alpha value is -0.870. The van der Waals surface area contributed by atoms with Gasteiger partial charge >= 0.3 is 0 Å². The lowest BCUT2D eigenvalue weighted by molar-refractivity contribution is -0.130. The van der Waals surface area contributed by atoms with Crippen LogP contribution < -0.4 is 5.32 Å². The Balaban J connectivity index is 1.59. The third-order valence-corrected chi connectivity index (χ3v) is 4.76. The summed E-state index contributed by atoms with van der Waals surface area (Å²) in [5, 5.41) is 3.67. The summed E-state index contributed by atoms with van der Waals surface area (Å²) in [6.45, 7) is 3.79. The van der Waals surface area contributed by atoms with Crippen LogP contribution in [0.1, 0.15) is 44.9 Å². The summed E-state index contributed by atoms with van der Waals surface area (Å²) in [4.78, 5) is 7.42. The molecule has 1 aromatic rings. The molecule has 2 atom stereocenters. The predicted molar refractivity (Wildman–Crippen MR) is 70.1 cm³/mol. The van der Waals surface area contributed by atoms with Crippen LogP contribution in [-0.2, 0) is 11.3 Å². The maximum absolute atomic E-state index is 5.92. The Morgan fingerprint density at radius 2 is 2.33 bits per heavy atom. The van der Waals surface area contributed by atoms with E-state index in [-0.39, 0.29) is 0 Å². The first-order valence-corrected chi connectivity index (χ1v) is 7.18. The molecule has 3 rings (SSSR count). The predicted octanol–water partition coefficient (Wildman–Crippen LogP) is 2.24. The average Bonchev–Trinajstić information content (AvgIpc) is 3.03. The molecule has 0 amide bonds. The number of aromatic amines is 1. The van der Waals surface area contributed by atoms with Crippen LogP contribution in [0.3, 0.4) is 0 Å². The number of imidazole rings is 1. The third kappa shape index (κ3) is 1.97. The van der Waals surface area contributed by atoms with Crippen molar-refractivity contribution < 1.29 is 4.74 Å². The van der Waals surface area contributed by atoms with Crippen molar-refractivity contribution in [2.24, 2.45) is 5.41 Å². The van der Waals surface area contributed by atoms with E-state index in [0.29, 0.717) is 17.6 Å². The van der Waals surface area contributed by atoms with Gasteiger partial charge in [-0.1, -0.05) is 12.8 Å². The second-order valence-corrected chi connectivity index (χ2v) is 5.59. The molecule has 0 radical (unpaired) electrons. The van der Waals surface area contributed by atoms with Crippen molar-refractivity contribution in [3.05, 3.63) is 18.2 Å². The highest BCUT2D eigenvalue weighted by Gasteiger charge is 2.56. The molecule has 2 saturated carbocycles. The first-order valence-electron chi connectivity index (χ1n) is 7.18. The van der Waals surface area contributed by atoms with Crippen molar-refractivity contribution in [1.29, 1.82) is 0 Å². The largest absolute Gasteiger partial charge is 0.378 e. The van der Waals surface area contributed by atoms with E-state index >= 15 is 0 Å². The number of nitrogens with zero attached hydrogens (tertiary/aromatic N) is 1. The highest BCUT2D eigenvalue weighted by molar-refractivity contribution is 5.10. The average molecular weight is 249 g/mol. The van der Waals surface area contributed by atoms with Gasteiger partial charge in [0.25, 0.3) is 0 Å². The minimum absolute atomic E-state index is 0.419. The second-order valence-electron chi connectivity index (χ2n) is 5.59. The molecule has 18 heavy (non-hydrogen) atoms. The lowest BCUT2D eigenvalue weighted by Gasteiger charge is -2.54. The standard InChI is InChI=1S/C14H23N3O/c1-2-18-12-9-11(14(12)5-3-4-6-14)17-10-13-15-7-8-16-13/h7-8,11-12,17H,2-6,9-10H2,1H3,(H,15,16). The summed E-state index contributed by atoms with van der Waals surface area (Å²) >= 11 is 0. The van der Waals surface area contributed by atoms with Crippen molar-refractivity contribution in [3.8, 4) is 0 Å². The molecule has 2 N–H and O–H groups in total. The summed E-state index contributed by atoms with van der Waals surface area (Å²) < 4.78 is 5.92. The van der Waals surface area contributed by atoms with Crippen LogP contribution in [-0.4, -0.2) is 28.7 Å². The minimum Gasteiger partial charge on any atom is -0.378 e. The molecular formula is C14H23N3O. The van der Waals surface area contributed by atoms with E-state index in [9.17, 15) is 0 Å². The van der Waals surface area contributed by atoms with Gasteiger partial charge in [-0.25, -0.2) is 4.98 Å². The van der Waals surface area contributed by atoms with Crippen molar-refractivity contribution in [2.75, 3.05) is 6.61 Å². The molecule has 0 saturated heterocycles. The van der Waals surface area contributed by atoms with Crippen LogP contribution in [0.15, 0.2) is 12.4 Å². The van der Waals surface area contributed by atoms with Gasteiger partial charge in [0.05, 0.1) is 12.6 Å². The molecule has 1 heterocycles. The van der Waals surface area contributed by atoms with Crippen LogP contribution >= 0.6 is 0 Å². The van der Waals surface area contributed by atoms with Crippen LogP contribution in [0.5, 0.6) is 0 Å². The molecular weight excluding hydrogens is 226 g/mol. The summed E-state index contributed by atoms with van der Waals surface area (Å²) in [6, 6.07) is 0.613. The molecule has 100 valence electrons. The highest BCUT2D eigenvalue weighted by atomic mass is 16.5. The molecule has 2 aliphatic carbocycles. The fourth-order valence-electron chi connectivity index (χ4n) is 3.79. The van der Waals surface area contributed by atoms with Crippen LogP contribution in [0.25, 0.3) is 0 Å². The molecule has 0 aliphatic heterocycles. The van der Waals surface area contributed by atoms with E-state index in [2.05, 4.69) is 22.2 Å². The van der Waals surface area contributed by atoms with Gasteiger partial charge in [-0.3, -0.25) is 0 Å². The SMILES string of the molecule is CCOC1CC(NCc2ncc[nH]2)C12CCCC2. The molecule has 2 unspecified atom stereocenters. The molecule has 1 spiro atoms. The van der Waals surface area contributed by atoms with E-state index in [1.165, 1.54) is 25.7 Å². The molecule has 4 heteroatoms. The summed E-state index contributed by atoms with van der Waals surface area (Å²) in [5.41, 5.74) is 0.419. The number of ether oxygens (including phenoxy) is 1. The van der Waals surface area contributed by atoms with E-state index in [1.807, 2.05) is 12.4 Å². The minimum atomic E-state index is 0.419. The van der Waals surface area contributed by atoms with Gasteiger partial charge in [0.15, 0.2) is 0 Å². The second kappa shape index (κ2) is 5.02. The van der Waals surface area contributed by atoms with Gasteiger partial charge < -0.3 is 15.0 Å². The lowest BCUT2D eigenvalue weighted by Crippen LogP contribution is -2.62. The number of hydrogen-bond acceptors (Lipinski definition) is 3. The highest BCUT2D eigenvalue weighted by Crippen LogP contribution is 2.54. The van der Waals surface area contributed by atoms with E-state index in [4.69, 9.17) is 4.74 Å². The van der Waals surface area contributed by atoms with E-state index < -0.39 is 0 Å². The Kier molecular flexibility index (Phi) is 3.39. The number of nitrogens with one attached hydrogen (secondary N) is 2. The number of H-pyrrole nitrogens is 1. The zero-order valence-electron chi connectivity index (χ0n) is 11.1. The smallest absolute Gasteiger partial charge is 0.120 e. The number of aromatic nitrogens is 2. The fraction of sp³-hybridized carbons (Fsp3) is 0.786. The Bertz CT molecular complexity index is 370. The van der Waals surface area contributed by atoms with E-state index in [1.54, 1.807) is 0 Å². The number of rotatable bonds is 5. The lowest BCUT2D eigenvalue weighted by atomic mass is 9.60. The Morgan fingerprint density at radius 3 is 3.00 bits per heavy atom. The number of hydrogen-bond donors (Lipinski definition) is 2. The van der Waals surface area contributed by atoms with Crippen LogP contribution in [0.4, 0.5) is 0 Å². The molecule has 1 aromatic heterocycles. The zero-order valence-corrected chi connectivity index (χ0v) is 11.1. The summed E-state index contributed by atoms with van der Waals surface area (Å²) in [6.07, 6.45) is 10.7. The van der Waals surface area contributed by atoms with Gasteiger partial charge in [0.2, 0.25) is 0 Å². The van der Waals surface area contributed by atoms with Crippen LogP contribution in [0.2, 0.25) is 0 Å². The maximum atomic E-state index is 5.92. The van der Waals surface area contributed by atoms with Gasteiger partial charge in [0.1, 0.15) is 5.82 Å².